The fourth-order valence-corrected chi connectivity index (χ4v) is 0.879. The Morgan fingerprint density at radius 1 is 1.13 bits per heavy atom. The molecule has 0 fully saturated rings. The third-order valence-electron chi connectivity index (χ3n) is 1.51. The average Bonchev–Trinajstić information content (AvgIpc) is 2.25. The van der Waals surface area contributed by atoms with E-state index < -0.39 is 18.7 Å². The van der Waals surface area contributed by atoms with Crippen molar-refractivity contribution in [2.75, 3.05) is 6.61 Å². The molecule has 0 spiro atoms. The van der Waals surface area contributed by atoms with Crippen molar-refractivity contribution in [3.63, 3.8) is 0 Å². The molecule has 1 rings (SSSR count). The van der Waals surface area contributed by atoms with E-state index in [4.69, 9.17) is 5.11 Å². The first kappa shape index (κ1) is 11.0. The number of hydrogen-bond acceptors (Lipinski definition) is 4. The molecule has 0 aromatic heterocycles. The molecule has 0 unspecified atom stereocenters. The smallest absolute Gasteiger partial charge is 0.479 e. The van der Waals surface area contributed by atoms with Gasteiger partial charge in [-0.05, 0) is 5.56 Å². The number of benzene rings is 1. The third kappa shape index (κ3) is 4.66. The lowest BCUT2D eigenvalue weighted by Gasteiger charge is -2.03. The maximum absolute atomic E-state index is 10.8. The Kier molecular flexibility index (Phi) is 4.15. The Morgan fingerprint density at radius 3 is 2.40 bits per heavy atom. The second-order valence-corrected chi connectivity index (χ2v) is 2.71. The first-order chi connectivity index (χ1) is 7.18. The number of carbonyl (C=O) groups excluding carboxylic acids is 1. The summed E-state index contributed by atoms with van der Waals surface area (Å²) in [7, 11) is 0. The molecule has 1 aromatic carbocycles. The van der Waals surface area contributed by atoms with Crippen LogP contribution in [0.3, 0.4) is 0 Å². The zero-order valence-corrected chi connectivity index (χ0v) is 7.88. The van der Waals surface area contributed by atoms with E-state index in [1.807, 2.05) is 6.07 Å². The van der Waals surface area contributed by atoms with E-state index >= 15 is 0 Å². The minimum atomic E-state index is -1.22. The molecule has 0 atom stereocenters. The van der Waals surface area contributed by atoms with Crippen LogP contribution in [0.15, 0.2) is 30.3 Å². The van der Waals surface area contributed by atoms with Crippen molar-refractivity contribution in [1.82, 2.24) is 0 Å². The van der Waals surface area contributed by atoms with Crippen LogP contribution < -0.4 is 0 Å². The molecule has 0 heterocycles. The lowest BCUT2D eigenvalue weighted by molar-refractivity contribution is -0.141. The summed E-state index contributed by atoms with van der Waals surface area (Å²) >= 11 is 0. The van der Waals surface area contributed by atoms with E-state index in [-0.39, 0.29) is 6.61 Å². The predicted molar refractivity (Wildman–Crippen MR) is 50.2 cm³/mol. The van der Waals surface area contributed by atoms with E-state index in [1.54, 1.807) is 24.3 Å². The van der Waals surface area contributed by atoms with Crippen molar-refractivity contribution < 1.29 is 24.2 Å². The summed E-state index contributed by atoms with van der Waals surface area (Å²) in [6.07, 6.45) is -0.985. The van der Waals surface area contributed by atoms with Gasteiger partial charge in [-0.15, -0.1) is 0 Å². The SMILES string of the molecule is O=C(O)COC(=O)OCc1ccccc1. The highest BCUT2D eigenvalue weighted by molar-refractivity contribution is 5.71. The predicted octanol–water partition coefficient (Wildman–Crippen LogP) is 1.42. The highest BCUT2D eigenvalue weighted by atomic mass is 16.7. The summed E-state index contributed by atoms with van der Waals surface area (Å²) in [5.41, 5.74) is 0.810. The van der Waals surface area contributed by atoms with Crippen LogP contribution in [0.25, 0.3) is 0 Å². The molecule has 15 heavy (non-hydrogen) atoms. The molecule has 0 amide bonds. The maximum atomic E-state index is 10.8. The van der Waals surface area contributed by atoms with Gasteiger partial charge in [-0.25, -0.2) is 9.59 Å². The molecule has 0 bridgehead atoms. The number of carboxylic acids is 1. The zero-order valence-electron chi connectivity index (χ0n) is 7.88. The van der Waals surface area contributed by atoms with Crippen LogP contribution in [0.4, 0.5) is 4.79 Å². The van der Waals surface area contributed by atoms with E-state index in [1.165, 1.54) is 0 Å². The number of rotatable bonds is 4. The highest BCUT2D eigenvalue weighted by Crippen LogP contribution is 2.01. The van der Waals surface area contributed by atoms with Crippen molar-refractivity contribution in [2.45, 2.75) is 6.61 Å². The Balaban J connectivity index is 2.26. The zero-order chi connectivity index (χ0) is 11.1. The van der Waals surface area contributed by atoms with Crippen LogP contribution in [-0.2, 0) is 20.9 Å². The Morgan fingerprint density at radius 2 is 1.80 bits per heavy atom. The normalized spacial score (nSPS) is 9.33. The van der Waals surface area contributed by atoms with Gasteiger partial charge in [0.2, 0.25) is 0 Å². The van der Waals surface area contributed by atoms with Crippen LogP contribution >= 0.6 is 0 Å². The molecule has 80 valence electrons. The van der Waals surface area contributed by atoms with E-state index in [9.17, 15) is 9.59 Å². The lowest BCUT2D eigenvalue weighted by atomic mass is 10.2. The molecular formula is C10H10O5. The van der Waals surface area contributed by atoms with Crippen LogP contribution in [0.5, 0.6) is 0 Å². The van der Waals surface area contributed by atoms with Gasteiger partial charge in [0.15, 0.2) is 6.61 Å². The molecular weight excluding hydrogens is 200 g/mol. The second kappa shape index (κ2) is 5.64. The van der Waals surface area contributed by atoms with Gasteiger partial charge in [0.25, 0.3) is 0 Å². The van der Waals surface area contributed by atoms with Crippen molar-refractivity contribution in [2.24, 2.45) is 0 Å². The van der Waals surface area contributed by atoms with E-state index in [0.717, 1.165) is 5.56 Å². The molecule has 0 aliphatic carbocycles. The molecule has 0 aliphatic rings. The summed E-state index contributed by atoms with van der Waals surface area (Å²) in [5, 5.41) is 8.21. The van der Waals surface area contributed by atoms with Gasteiger partial charge in [0.1, 0.15) is 6.61 Å². The summed E-state index contributed by atoms with van der Waals surface area (Å²) in [5.74, 6) is -1.22. The largest absolute Gasteiger partial charge is 0.509 e. The van der Waals surface area contributed by atoms with Gasteiger partial charge >= 0.3 is 12.1 Å². The van der Waals surface area contributed by atoms with Gasteiger partial charge in [-0.3, -0.25) is 0 Å². The minimum Gasteiger partial charge on any atom is -0.479 e. The average molecular weight is 210 g/mol. The third-order valence-corrected chi connectivity index (χ3v) is 1.51. The quantitative estimate of drug-likeness (QED) is 0.761. The molecule has 1 aromatic rings. The Bertz CT molecular complexity index is 333. The van der Waals surface area contributed by atoms with E-state index in [0.29, 0.717) is 0 Å². The fourth-order valence-electron chi connectivity index (χ4n) is 0.879. The Hall–Kier alpha value is -2.04. The molecule has 0 aliphatic heterocycles. The summed E-state index contributed by atoms with van der Waals surface area (Å²) in [4.78, 5) is 20.9. The van der Waals surface area contributed by atoms with Gasteiger partial charge in [0, 0.05) is 0 Å². The number of hydrogen-bond donors (Lipinski definition) is 1. The first-order valence-corrected chi connectivity index (χ1v) is 4.24. The van der Waals surface area contributed by atoms with Gasteiger partial charge in [0.05, 0.1) is 0 Å². The molecule has 5 heteroatoms. The number of aliphatic carboxylic acids is 1. The van der Waals surface area contributed by atoms with E-state index in [2.05, 4.69) is 9.47 Å². The number of carboxylic acid groups (broad SMARTS) is 1. The van der Waals surface area contributed by atoms with Crippen molar-refractivity contribution >= 4 is 12.1 Å². The van der Waals surface area contributed by atoms with Crippen LogP contribution in [0.2, 0.25) is 0 Å². The topological polar surface area (TPSA) is 72.8 Å². The lowest BCUT2D eigenvalue weighted by Crippen LogP contribution is -2.14. The Labute approximate surface area is 86.2 Å². The maximum Gasteiger partial charge on any atom is 0.509 e. The van der Waals surface area contributed by atoms with Crippen LogP contribution in [0.1, 0.15) is 5.56 Å². The minimum absolute atomic E-state index is 0.0687. The fraction of sp³-hybridized carbons (Fsp3) is 0.200. The molecule has 0 saturated heterocycles. The van der Waals surface area contributed by atoms with Crippen LogP contribution in [-0.4, -0.2) is 23.8 Å². The van der Waals surface area contributed by atoms with Gasteiger partial charge in [-0.1, -0.05) is 30.3 Å². The standard InChI is InChI=1S/C10H10O5/c11-9(12)7-15-10(13)14-6-8-4-2-1-3-5-8/h1-5H,6-7H2,(H,11,12). The van der Waals surface area contributed by atoms with Gasteiger partial charge in [-0.2, -0.15) is 0 Å². The number of carbonyl (C=O) groups is 2. The van der Waals surface area contributed by atoms with Crippen molar-refractivity contribution in [3.8, 4) is 0 Å². The summed E-state index contributed by atoms with van der Waals surface area (Å²) in [6, 6.07) is 9.02. The first-order valence-electron chi connectivity index (χ1n) is 4.24. The molecule has 0 saturated carbocycles. The summed E-state index contributed by atoms with van der Waals surface area (Å²) in [6.45, 7) is -0.618. The van der Waals surface area contributed by atoms with Crippen molar-refractivity contribution in [3.05, 3.63) is 35.9 Å². The highest BCUT2D eigenvalue weighted by Gasteiger charge is 2.06. The second-order valence-electron chi connectivity index (χ2n) is 2.71. The summed E-state index contributed by atoms with van der Waals surface area (Å²) < 4.78 is 8.92. The molecule has 0 radical (unpaired) electrons. The van der Waals surface area contributed by atoms with Crippen molar-refractivity contribution in [1.29, 1.82) is 0 Å². The molecule has 5 nitrogen and oxygen atoms in total. The van der Waals surface area contributed by atoms with Gasteiger partial charge < -0.3 is 14.6 Å². The monoisotopic (exact) mass is 210 g/mol. The molecule has 1 N–H and O–H groups in total. The van der Waals surface area contributed by atoms with Crippen LogP contribution in [0, 0.1) is 0 Å². The number of ether oxygens (including phenoxy) is 2.